The normalized spacial score (nSPS) is 11.9. The molecule has 0 fully saturated rings. The lowest BCUT2D eigenvalue weighted by Crippen LogP contribution is -2.20. The molecule has 1 heterocycles. The van der Waals surface area contributed by atoms with E-state index in [9.17, 15) is 5.11 Å². The molecule has 0 aliphatic rings. The van der Waals surface area contributed by atoms with E-state index in [4.69, 9.17) is 4.74 Å². The highest BCUT2D eigenvalue weighted by atomic mass is 32.2. The number of benzene rings is 2. The minimum atomic E-state index is -0.569. The van der Waals surface area contributed by atoms with E-state index in [1.165, 1.54) is 28.7 Å². The van der Waals surface area contributed by atoms with Gasteiger partial charge < -0.3 is 15.2 Å². The molecule has 25 heavy (non-hydrogen) atoms. The van der Waals surface area contributed by atoms with Crippen LogP contribution in [0.5, 0.6) is 5.75 Å². The molecule has 2 aromatic carbocycles. The van der Waals surface area contributed by atoms with Gasteiger partial charge in [-0.1, -0.05) is 59.0 Å². The first-order valence-electron chi connectivity index (χ1n) is 7.85. The Bertz CT molecular complexity index is 779. The zero-order chi connectivity index (χ0) is 17.5. The Morgan fingerprint density at radius 2 is 1.88 bits per heavy atom. The standard InChI is InChI=1S/C18H19N3O2S2/c1-13-7-9-16(10-8-13)23-11-15(22)12-24-18-21-20-17(25-18)19-14-5-3-2-4-6-14/h2-10,15,22H,11-12H2,1H3,(H,19,20)/t15-/m1/s1. The zero-order valence-electron chi connectivity index (χ0n) is 13.8. The van der Waals surface area contributed by atoms with Crippen molar-refractivity contribution in [2.45, 2.75) is 17.4 Å². The molecule has 0 aliphatic carbocycles. The molecule has 0 unspecified atom stereocenters. The molecule has 7 heteroatoms. The summed E-state index contributed by atoms with van der Waals surface area (Å²) in [6.07, 6.45) is -0.569. The summed E-state index contributed by atoms with van der Waals surface area (Å²) in [6, 6.07) is 17.6. The summed E-state index contributed by atoms with van der Waals surface area (Å²) < 4.78 is 6.40. The first-order chi connectivity index (χ1) is 12.2. The Morgan fingerprint density at radius 3 is 2.64 bits per heavy atom. The van der Waals surface area contributed by atoms with Crippen LogP contribution in [0.2, 0.25) is 0 Å². The van der Waals surface area contributed by atoms with Crippen molar-refractivity contribution in [3.8, 4) is 5.75 Å². The van der Waals surface area contributed by atoms with E-state index >= 15 is 0 Å². The largest absolute Gasteiger partial charge is 0.491 e. The fourth-order valence-corrected chi connectivity index (χ4v) is 3.71. The molecule has 0 saturated heterocycles. The molecule has 1 aromatic heterocycles. The second-order valence-electron chi connectivity index (χ2n) is 5.45. The van der Waals surface area contributed by atoms with Crippen LogP contribution < -0.4 is 10.1 Å². The summed E-state index contributed by atoms with van der Waals surface area (Å²) in [6.45, 7) is 2.28. The molecule has 5 nitrogen and oxygen atoms in total. The fraction of sp³-hybridized carbons (Fsp3) is 0.222. The van der Waals surface area contributed by atoms with Gasteiger partial charge in [-0.05, 0) is 31.2 Å². The number of nitrogens with one attached hydrogen (secondary N) is 1. The summed E-state index contributed by atoms with van der Waals surface area (Å²) in [4.78, 5) is 0. The molecule has 0 saturated carbocycles. The van der Waals surface area contributed by atoms with Crippen LogP contribution in [0.1, 0.15) is 5.56 Å². The van der Waals surface area contributed by atoms with Crippen molar-refractivity contribution in [2.24, 2.45) is 0 Å². The molecule has 3 aromatic rings. The smallest absolute Gasteiger partial charge is 0.210 e. The second kappa shape index (κ2) is 8.84. The maximum absolute atomic E-state index is 10.1. The van der Waals surface area contributed by atoms with Gasteiger partial charge in [0, 0.05) is 11.4 Å². The van der Waals surface area contributed by atoms with Gasteiger partial charge in [-0.15, -0.1) is 10.2 Å². The second-order valence-corrected chi connectivity index (χ2v) is 7.70. The first kappa shape index (κ1) is 17.7. The number of ether oxygens (including phenoxy) is 1. The van der Waals surface area contributed by atoms with Crippen LogP contribution in [0.25, 0.3) is 0 Å². The average molecular weight is 374 g/mol. The highest BCUT2D eigenvalue weighted by Crippen LogP contribution is 2.28. The summed E-state index contributed by atoms with van der Waals surface area (Å²) in [5.74, 6) is 1.27. The van der Waals surface area contributed by atoms with E-state index in [2.05, 4.69) is 15.5 Å². The van der Waals surface area contributed by atoms with Crippen LogP contribution in [0.4, 0.5) is 10.8 Å². The molecule has 3 rings (SSSR count). The fourth-order valence-electron chi connectivity index (χ4n) is 2.01. The molecule has 1 atom stereocenters. The van der Waals surface area contributed by atoms with Crippen LogP contribution in [-0.4, -0.2) is 33.8 Å². The number of rotatable bonds is 8. The van der Waals surface area contributed by atoms with E-state index in [1.807, 2.05) is 61.5 Å². The van der Waals surface area contributed by atoms with Gasteiger partial charge in [0.25, 0.3) is 0 Å². The van der Waals surface area contributed by atoms with Crippen molar-refractivity contribution >= 4 is 33.9 Å². The molecule has 0 bridgehead atoms. The highest BCUT2D eigenvalue weighted by molar-refractivity contribution is 8.01. The minimum Gasteiger partial charge on any atom is -0.491 e. The van der Waals surface area contributed by atoms with E-state index < -0.39 is 6.10 Å². The predicted octanol–water partition coefficient (Wildman–Crippen LogP) is 4.12. The Balaban J connectivity index is 1.43. The molecule has 0 aliphatic heterocycles. The van der Waals surface area contributed by atoms with E-state index in [-0.39, 0.29) is 6.61 Å². The Morgan fingerprint density at radius 1 is 1.12 bits per heavy atom. The molecule has 0 radical (unpaired) electrons. The number of aliphatic hydroxyl groups excluding tert-OH is 1. The number of para-hydroxylation sites is 1. The lowest BCUT2D eigenvalue weighted by molar-refractivity contribution is 0.126. The van der Waals surface area contributed by atoms with Crippen LogP contribution in [-0.2, 0) is 0 Å². The predicted molar refractivity (Wildman–Crippen MR) is 103 cm³/mol. The van der Waals surface area contributed by atoms with E-state index in [0.29, 0.717) is 5.75 Å². The molecule has 0 spiro atoms. The van der Waals surface area contributed by atoms with Crippen molar-refractivity contribution in [2.75, 3.05) is 17.7 Å². The van der Waals surface area contributed by atoms with Crippen molar-refractivity contribution in [3.05, 3.63) is 60.2 Å². The van der Waals surface area contributed by atoms with Gasteiger partial charge >= 0.3 is 0 Å². The summed E-state index contributed by atoms with van der Waals surface area (Å²) in [5, 5.41) is 22.3. The molecule has 2 N–H and O–H groups in total. The van der Waals surface area contributed by atoms with Crippen LogP contribution in [0.3, 0.4) is 0 Å². The minimum absolute atomic E-state index is 0.254. The molecule has 0 amide bonds. The molecular weight excluding hydrogens is 354 g/mol. The van der Waals surface area contributed by atoms with Gasteiger partial charge in [0.15, 0.2) is 4.34 Å². The number of hydrogen-bond donors (Lipinski definition) is 2. The highest BCUT2D eigenvalue weighted by Gasteiger charge is 2.10. The quantitative estimate of drug-likeness (QED) is 0.579. The topological polar surface area (TPSA) is 67.3 Å². The Labute approximate surface area is 155 Å². The van der Waals surface area contributed by atoms with Crippen molar-refractivity contribution in [3.63, 3.8) is 0 Å². The van der Waals surface area contributed by atoms with Gasteiger partial charge in [0.1, 0.15) is 12.4 Å². The number of aromatic nitrogens is 2. The molecular formula is C18H19N3O2S2. The first-order valence-corrected chi connectivity index (χ1v) is 9.65. The van der Waals surface area contributed by atoms with Gasteiger partial charge in [-0.25, -0.2) is 0 Å². The lowest BCUT2D eigenvalue weighted by Gasteiger charge is -2.11. The monoisotopic (exact) mass is 373 g/mol. The van der Waals surface area contributed by atoms with Crippen LogP contribution in [0.15, 0.2) is 58.9 Å². The third-order valence-electron chi connectivity index (χ3n) is 3.29. The van der Waals surface area contributed by atoms with E-state index in [1.54, 1.807) is 0 Å². The Hall–Kier alpha value is -2.09. The number of thioether (sulfide) groups is 1. The zero-order valence-corrected chi connectivity index (χ0v) is 15.4. The maximum atomic E-state index is 10.1. The third-order valence-corrected chi connectivity index (χ3v) is 5.41. The number of hydrogen-bond acceptors (Lipinski definition) is 7. The maximum Gasteiger partial charge on any atom is 0.210 e. The number of anilines is 2. The SMILES string of the molecule is Cc1ccc(OC[C@@H](O)CSc2nnc(Nc3ccccc3)s2)cc1. The summed E-state index contributed by atoms with van der Waals surface area (Å²) >= 11 is 2.94. The van der Waals surface area contributed by atoms with Gasteiger partial charge in [-0.2, -0.15) is 0 Å². The van der Waals surface area contributed by atoms with Gasteiger partial charge in [0.05, 0.1) is 6.10 Å². The van der Waals surface area contributed by atoms with Crippen LogP contribution in [0, 0.1) is 6.92 Å². The Kier molecular flexibility index (Phi) is 6.27. The lowest BCUT2D eigenvalue weighted by atomic mass is 10.2. The number of nitrogens with zero attached hydrogens (tertiary/aromatic N) is 2. The number of aryl methyl sites for hydroxylation is 1. The number of aliphatic hydroxyl groups is 1. The van der Waals surface area contributed by atoms with Crippen molar-refractivity contribution in [1.29, 1.82) is 0 Å². The summed E-state index contributed by atoms with van der Waals surface area (Å²) in [5.41, 5.74) is 2.15. The molecule has 130 valence electrons. The van der Waals surface area contributed by atoms with Crippen molar-refractivity contribution in [1.82, 2.24) is 10.2 Å². The average Bonchev–Trinajstić information content (AvgIpc) is 3.08. The van der Waals surface area contributed by atoms with E-state index in [0.717, 1.165) is 20.9 Å². The van der Waals surface area contributed by atoms with Crippen molar-refractivity contribution < 1.29 is 9.84 Å². The van der Waals surface area contributed by atoms with Crippen LogP contribution >= 0.6 is 23.1 Å². The summed E-state index contributed by atoms with van der Waals surface area (Å²) in [7, 11) is 0. The third kappa shape index (κ3) is 5.74. The van der Waals surface area contributed by atoms with Gasteiger partial charge in [-0.3, -0.25) is 0 Å². The van der Waals surface area contributed by atoms with Gasteiger partial charge in [0.2, 0.25) is 5.13 Å².